The van der Waals surface area contributed by atoms with Gasteiger partial charge in [0.25, 0.3) is 0 Å². The molecule has 0 amide bonds. The summed E-state index contributed by atoms with van der Waals surface area (Å²) in [6.07, 6.45) is 4.76. The summed E-state index contributed by atoms with van der Waals surface area (Å²) in [5, 5.41) is 11.6. The van der Waals surface area contributed by atoms with E-state index in [4.69, 9.17) is 9.47 Å². The predicted molar refractivity (Wildman–Crippen MR) is 99.1 cm³/mol. The van der Waals surface area contributed by atoms with E-state index in [2.05, 4.69) is 31.2 Å². The van der Waals surface area contributed by atoms with Crippen LogP contribution in [0.4, 0.5) is 0 Å². The van der Waals surface area contributed by atoms with Crippen LogP contribution in [0.25, 0.3) is 0 Å². The Bertz CT molecular complexity index is 833. The first-order valence-corrected chi connectivity index (χ1v) is 8.57. The molecule has 1 heterocycles. The molecule has 6 nitrogen and oxygen atoms in total. The number of hydrogen-bond donors (Lipinski definition) is 0. The molecule has 0 aliphatic carbocycles. The van der Waals surface area contributed by atoms with E-state index in [0.717, 1.165) is 15.6 Å². The lowest BCUT2D eigenvalue weighted by molar-refractivity contribution is 0.269. The Kier molecular flexibility index (Phi) is 5.79. The first-order chi connectivity index (χ1) is 12.2. The standard InChI is InChI=1S/C18H17BrN4O2/c1-2-24-18-9-15(10-22-23-12-20-21-13-23)5-8-17(18)25-11-14-3-6-16(19)7-4-14/h3-10,12-13H,2,11H2,1H3. The molecule has 2 aromatic carbocycles. The molecule has 0 fully saturated rings. The molecule has 0 saturated carbocycles. The van der Waals surface area contributed by atoms with Gasteiger partial charge >= 0.3 is 0 Å². The quantitative estimate of drug-likeness (QED) is 0.564. The Morgan fingerprint density at radius 1 is 1.04 bits per heavy atom. The van der Waals surface area contributed by atoms with Gasteiger partial charge in [0.2, 0.25) is 0 Å². The van der Waals surface area contributed by atoms with Crippen molar-refractivity contribution in [2.24, 2.45) is 5.10 Å². The lowest BCUT2D eigenvalue weighted by Crippen LogP contribution is -2.00. The highest BCUT2D eigenvalue weighted by Gasteiger charge is 2.06. The number of ether oxygens (including phenoxy) is 2. The fourth-order valence-corrected chi connectivity index (χ4v) is 2.39. The highest BCUT2D eigenvalue weighted by Crippen LogP contribution is 2.29. The van der Waals surface area contributed by atoms with Crippen LogP contribution in [0.15, 0.2) is 64.7 Å². The third kappa shape index (κ3) is 4.90. The molecule has 3 aromatic rings. The van der Waals surface area contributed by atoms with Crippen molar-refractivity contribution < 1.29 is 9.47 Å². The zero-order chi connectivity index (χ0) is 17.5. The maximum Gasteiger partial charge on any atom is 0.161 e. The van der Waals surface area contributed by atoms with E-state index in [1.807, 2.05) is 49.4 Å². The Morgan fingerprint density at radius 2 is 1.80 bits per heavy atom. The minimum Gasteiger partial charge on any atom is -0.490 e. The largest absolute Gasteiger partial charge is 0.490 e. The Balaban J connectivity index is 1.73. The van der Waals surface area contributed by atoms with Gasteiger partial charge in [-0.3, -0.25) is 0 Å². The van der Waals surface area contributed by atoms with Gasteiger partial charge in [0, 0.05) is 4.47 Å². The van der Waals surface area contributed by atoms with Crippen molar-refractivity contribution in [3.05, 3.63) is 70.7 Å². The maximum atomic E-state index is 5.91. The van der Waals surface area contributed by atoms with Crippen molar-refractivity contribution in [2.75, 3.05) is 6.61 Å². The third-order valence-electron chi connectivity index (χ3n) is 3.32. The monoisotopic (exact) mass is 400 g/mol. The molecule has 0 saturated heterocycles. The maximum absolute atomic E-state index is 5.91. The molecule has 3 rings (SSSR count). The molecule has 128 valence electrons. The van der Waals surface area contributed by atoms with Crippen LogP contribution in [0, 0.1) is 0 Å². The van der Waals surface area contributed by atoms with E-state index in [-0.39, 0.29) is 0 Å². The van der Waals surface area contributed by atoms with Crippen LogP contribution < -0.4 is 9.47 Å². The van der Waals surface area contributed by atoms with Crippen LogP contribution in [-0.2, 0) is 6.61 Å². The second-order valence-corrected chi connectivity index (χ2v) is 6.06. The molecule has 7 heteroatoms. The Labute approximate surface area is 154 Å². The summed E-state index contributed by atoms with van der Waals surface area (Å²) < 4.78 is 14.2. The molecule has 0 aliphatic heterocycles. The molecule has 0 N–H and O–H groups in total. The van der Waals surface area contributed by atoms with E-state index < -0.39 is 0 Å². The summed E-state index contributed by atoms with van der Waals surface area (Å²) in [4.78, 5) is 0. The number of nitrogens with zero attached hydrogens (tertiary/aromatic N) is 4. The van der Waals surface area contributed by atoms with Gasteiger partial charge in [-0.15, -0.1) is 10.2 Å². The predicted octanol–water partition coefficient (Wildman–Crippen LogP) is 3.90. The van der Waals surface area contributed by atoms with E-state index in [1.165, 1.54) is 17.3 Å². The van der Waals surface area contributed by atoms with Crippen molar-refractivity contribution in [2.45, 2.75) is 13.5 Å². The normalized spacial score (nSPS) is 11.0. The molecule has 1 aromatic heterocycles. The van der Waals surface area contributed by atoms with E-state index >= 15 is 0 Å². The fourth-order valence-electron chi connectivity index (χ4n) is 2.12. The Hall–Kier alpha value is -2.67. The summed E-state index contributed by atoms with van der Waals surface area (Å²) in [6, 6.07) is 13.7. The zero-order valence-corrected chi connectivity index (χ0v) is 15.3. The summed E-state index contributed by atoms with van der Waals surface area (Å²) in [6.45, 7) is 2.97. The summed E-state index contributed by atoms with van der Waals surface area (Å²) in [7, 11) is 0. The molecule has 0 aliphatic rings. The second kappa shape index (κ2) is 8.43. The van der Waals surface area contributed by atoms with Crippen molar-refractivity contribution in [1.82, 2.24) is 14.9 Å². The molecule has 0 unspecified atom stereocenters. The Morgan fingerprint density at radius 3 is 2.52 bits per heavy atom. The van der Waals surface area contributed by atoms with Gasteiger partial charge < -0.3 is 9.47 Å². The number of aromatic nitrogens is 3. The van der Waals surface area contributed by atoms with Crippen molar-refractivity contribution in [3.63, 3.8) is 0 Å². The van der Waals surface area contributed by atoms with E-state index in [1.54, 1.807) is 6.21 Å². The van der Waals surface area contributed by atoms with Gasteiger partial charge in [0.15, 0.2) is 11.5 Å². The first-order valence-electron chi connectivity index (χ1n) is 7.77. The van der Waals surface area contributed by atoms with Crippen LogP contribution in [0.5, 0.6) is 11.5 Å². The van der Waals surface area contributed by atoms with Crippen molar-refractivity contribution >= 4 is 22.1 Å². The van der Waals surface area contributed by atoms with Crippen molar-refractivity contribution in [1.29, 1.82) is 0 Å². The van der Waals surface area contributed by atoms with Gasteiger partial charge in [-0.05, 0) is 48.4 Å². The highest BCUT2D eigenvalue weighted by molar-refractivity contribution is 9.10. The molecule has 0 atom stereocenters. The first kappa shape index (κ1) is 17.2. The van der Waals surface area contributed by atoms with Gasteiger partial charge in [0.05, 0.1) is 12.8 Å². The van der Waals surface area contributed by atoms with Crippen LogP contribution in [0.1, 0.15) is 18.1 Å². The van der Waals surface area contributed by atoms with Gasteiger partial charge in [-0.1, -0.05) is 28.1 Å². The smallest absolute Gasteiger partial charge is 0.161 e. The number of rotatable bonds is 7. The van der Waals surface area contributed by atoms with Crippen LogP contribution in [0.2, 0.25) is 0 Å². The summed E-state index contributed by atoms with van der Waals surface area (Å²) >= 11 is 3.43. The zero-order valence-electron chi connectivity index (χ0n) is 13.7. The molecule has 0 bridgehead atoms. The fraction of sp³-hybridized carbons (Fsp3) is 0.167. The lowest BCUT2D eigenvalue weighted by Gasteiger charge is -2.12. The lowest BCUT2D eigenvalue weighted by atomic mass is 10.2. The highest BCUT2D eigenvalue weighted by atomic mass is 79.9. The van der Waals surface area contributed by atoms with Crippen LogP contribution >= 0.6 is 15.9 Å². The molecular weight excluding hydrogens is 384 g/mol. The minimum absolute atomic E-state index is 0.474. The van der Waals surface area contributed by atoms with E-state index in [9.17, 15) is 0 Å². The average Bonchev–Trinajstić information content (AvgIpc) is 3.14. The van der Waals surface area contributed by atoms with Gasteiger partial charge in [-0.25, -0.2) is 4.68 Å². The molecule has 0 spiro atoms. The molecular formula is C18H17BrN4O2. The van der Waals surface area contributed by atoms with Crippen LogP contribution in [0.3, 0.4) is 0 Å². The topological polar surface area (TPSA) is 61.5 Å². The molecule has 0 radical (unpaired) electrons. The van der Waals surface area contributed by atoms with Gasteiger partial charge in [0.1, 0.15) is 19.3 Å². The second-order valence-electron chi connectivity index (χ2n) is 5.14. The number of halogens is 1. The van der Waals surface area contributed by atoms with E-state index in [0.29, 0.717) is 24.7 Å². The molecule has 25 heavy (non-hydrogen) atoms. The van der Waals surface area contributed by atoms with Crippen molar-refractivity contribution in [3.8, 4) is 11.5 Å². The number of hydrogen-bond acceptors (Lipinski definition) is 5. The number of benzene rings is 2. The summed E-state index contributed by atoms with van der Waals surface area (Å²) in [5.74, 6) is 1.39. The minimum atomic E-state index is 0.474. The van der Waals surface area contributed by atoms with Gasteiger partial charge in [-0.2, -0.15) is 5.10 Å². The van der Waals surface area contributed by atoms with Crippen LogP contribution in [-0.4, -0.2) is 27.7 Å². The third-order valence-corrected chi connectivity index (χ3v) is 3.85. The summed E-state index contributed by atoms with van der Waals surface area (Å²) in [5.41, 5.74) is 1.98. The SMILES string of the molecule is CCOc1cc(C=Nn2cnnc2)ccc1OCc1ccc(Br)cc1. The average molecular weight is 401 g/mol.